The van der Waals surface area contributed by atoms with Crippen LogP contribution in [0.3, 0.4) is 0 Å². The number of halogens is 1. The molecule has 2 unspecified atom stereocenters. The van der Waals surface area contributed by atoms with Crippen LogP contribution in [0.25, 0.3) is 0 Å². The molecule has 0 heterocycles. The molecule has 2 atom stereocenters. The molecule has 0 radical (unpaired) electrons. The number of nitriles is 1. The highest BCUT2D eigenvalue weighted by Crippen LogP contribution is 2.40. The summed E-state index contributed by atoms with van der Waals surface area (Å²) in [5.74, 6) is 1.38. The van der Waals surface area contributed by atoms with E-state index in [1.807, 2.05) is 0 Å². The predicted molar refractivity (Wildman–Crippen MR) is 49.5 cm³/mol. The third-order valence-corrected chi connectivity index (χ3v) is 3.17. The first-order valence-electron chi connectivity index (χ1n) is 4.16. The molecule has 0 amide bonds. The molecule has 0 saturated heterocycles. The van der Waals surface area contributed by atoms with Gasteiger partial charge in [0.15, 0.2) is 0 Å². The first kappa shape index (κ1) is 9.06. The zero-order valence-corrected chi connectivity index (χ0v) is 8.69. The first-order chi connectivity index (χ1) is 5.06. The van der Waals surface area contributed by atoms with Gasteiger partial charge >= 0.3 is 0 Å². The van der Waals surface area contributed by atoms with E-state index in [9.17, 15) is 0 Å². The third kappa shape index (κ3) is 2.20. The fourth-order valence-corrected chi connectivity index (χ4v) is 3.24. The van der Waals surface area contributed by atoms with Crippen LogP contribution >= 0.6 is 15.9 Å². The standard InChI is InChI=1S/C9H14BrN/c1-7-3-8(2)5-9(10,4-7)6-11/h7-8H,3-5H2,1-2H3. The van der Waals surface area contributed by atoms with Gasteiger partial charge in [-0.05, 0) is 31.1 Å². The topological polar surface area (TPSA) is 23.8 Å². The summed E-state index contributed by atoms with van der Waals surface area (Å²) < 4.78 is -0.218. The van der Waals surface area contributed by atoms with Crippen molar-refractivity contribution in [1.29, 1.82) is 5.26 Å². The molecule has 0 aromatic heterocycles. The quantitative estimate of drug-likeness (QED) is 0.571. The number of alkyl halides is 1. The second-order valence-electron chi connectivity index (χ2n) is 3.93. The van der Waals surface area contributed by atoms with Crippen molar-refractivity contribution in [2.24, 2.45) is 11.8 Å². The molecule has 1 saturated carbocycles. The number of nitrogens with zero attached hydrogens (tertiary/aromatic N) is 1. The van der Waals surface area contributed by atoms with Crippen molar-refractivity contribution in [3.8, 4) is 6.07 Å². The van der Waals surface area contributed by atoms with Crippen LogP contribution in [0.4, 0.5) is 0 Å². The van der Waals surface area contributed by atoms with Crippen LogP contribution in [-0.2, 0) is 0 Å². The van der Waals surface area contributed by atoms with Crippen LogP contribution < -0.4 is 0 Å². The lowest BCUT2D eigenvalue weighted by molar-refractivity contribution is 0.281. The molecule has 0 N–H and O–H groups in total. The second kappa shape index (κ2) is 3.15. The Balaban J connectivity index is 2.64. The lowest BCUT2D eigenvalue weighted by atomic mass is 9.77. The molecule has 2 heteroatoms. The third-order valence-electron chi connectivity index (χ3n) is 2.35. The zero-order chi connectivity index (χ0) is 8.48. The maximum absolute atomic E-state index is 8.89. The predicted octanol–water partition coefficient (Wildman–Crippen LogP) is 3.10. The van der Waals surface area contributed by atoms with Crippen LogP contribution in [0.15, 0.2) is 0 Å². The van der Waals surface area contributed by atoms with E-state index in [1.54, 1.807) is 0 Å². The van der Waals surface area contributed by atoms with Crippen molar-refractivity contribution < 1.29 is 0 Å². The van der Waals surface area contributed by atoms with Gasteiger partial charge < -0.3 is 0 Å². The average molecular weight is 216 g/mol. The molecule has 1 aliphatic carbocycles. The fraction of sp³-hybridized carbons (Fsp3) is 0.889. The van der Waals surface area contributed by atoms with Crippen molar-refractivity contribution >= 4 is 15.9 Å². The fourth-order valence-electron chi connectivity index (χ4n) is 2.13. The van der Waals surface area contributed by atoms with Gasteiger partial charge in [-0.25, -0.2) is 0 Å². The van der Waals surface area contributed by atoms with Crippen LogP contribution in [0.2, 0.25) is 0 Å². The van der Waals surface area contributed by atoms with E-state index in [1.165, 1.54) is 6.42 Å². The number of rotatable bonds is 0. The van der Waals surface area contributed by atoms with Crippen molar-refractivity contribution in [3.05, 3.63) is 0 Å². The molecule has 62 valence electrons. The van der Waals surface area contributed by atoms with E-state index in [-0.39, 0.29) is 4.32 Å². The minimum atomic E-state index is -0.218. The first-order valence-corrected chi connectivity index (χ1v) is 4.95. The minimum absolute atomic E-state index is 0.218. The maximum atomic E-state index is 8.89. The van der Waals surface area contributed by atoms with E-state index in [2.05, 4.69) is 35.8 Å². The molecule has 11 heavy (non-hydrogen) atoms. The molecule has 1 rings (SSSR count). The van der Waals surface area contributed by atoms with Crippen molar-refractivity contribution in [1.82, 2.24) is 0 Å². The van der Waals surface area contributed by atoms with Crippen molar-refractivity contribution in [3.63, 3.8) is 0 Å². The van der Waals surface area contributed by atoms with E-state index < -0.39 is 0 Å². The lowest BCUT2D eigenvalue weighted by Gasteiger charge is -2.33. The van der Waals surface area contributed by atoms with Gasteiger partial charge in [0.1, 0.15) is 4.32 Å². The van der Waals surface area contributed by atoms with Gasteiger partial charge in [0.2, 0.25) is 0 Å². The van der Waals surface area contributed by atoms with Crippen LogP contribution in [-0.4, -0.2) is 4.32 Å². The van der Waals surface area contributed by atoms with Gasteiger partial charge in [-0.2, -0.15) is 5.26 Å². The van der Waals surface area contributed by atoms with Gasteiger partial charge in [0, 0.05) is 0 Å². The van der Waals surface area contributed by atoms with Gasteiger partial charge in [0.05, 0.1) is 6.07 Å². The molecule has 0 bridgehead atoms. The molecule has 0 aromatic carbocycles. The summed E-state index contributed by atoms with van der Waals surface area (Å²) in [5.41, 5.74) is 0. The number of hydrogen-bond donors (Lipinski definition) is 0. The smallest absolute Gasteiger partial charge is 0.112 e. The van der Waals surface area contributed by atoms with Gasteiger partial charge in [0.25, 0.3) is 0 Å². The Labute approximate surface area is 76.9 Å². The monoisotopic (exact) mass is 215 g/mol. The van der Waals surface area contributed by atoms with Crippen LogP contribution in [0.5, 0.6) is 0 Å². The number of hydrogen-bond acceptors (Lipinski definition) is 1. The second-order valence-corrected chi connectivity index (χ2v) is 5.45. The zero-order valence-electron chi connectivity index (χ0n) is 7.10. The molecular weight excluding hydrogens is 202 g/mol. The van der Waals surface area contributed by atoms with Gasteiger partial charge in [-0.1, -0.05) is 29.8 Å². The molecule has 1 nitrogen and oxygen atoms in total. The van der Waals surface area contributed by atoms with E-state index in [0.29, 0.717) is 11.8 Å². The summed E-state index contributed by atoms with van der Waals surface area (Å²) in [6.45, 7) is 4.45. The summed E-state index contributed by atoms with van der Waals surface area (Å²) in [7, 11) is 0. The summed E-state index contributed by atoms with van der Waals surface area (Å²) in [6, 6.07) is 2.36. The molecule has 1 fully saturated rings. The highest BCUT2D eigenvalue weighted by Gasteiger charge is 2.35. The molecule has 0 spiro atoms. The summed E-state index contributed by atoms with van der Waals surface area (Å²) in [5, 5.41) is 8.89. The van der Waals surface area contributed by atoms with Gasteiger partial charge in [-0.15, -0.1) is 0 Å². The SMILES string of the molecule is CC1CC(C)CC(Br)(C#N)C1. The minimum Gasteiger partial charge on any atom is -0.197 e. The summed E-state index contributed by atoms with van der Waals surface area (Å²) in [6.07, 6.45) is 3.29. The molecular formula is C9H14BrN. The molecule has 0 aromatic rings. The Kier molecular flexibility index (Phi) is 2.59. The Morgan fingerprint density at radius 2 is 1.82 bits per heavy atom. The summed E-state index contributed by atoms with van der Waals surface area (Å²) in [4.78, 5) is 0. The highest BCUT2D eigenvalue weighted by molar-refractivity contribution is 9.10. The Morgan fingerprint density at radius 3 is 2.18 bits per heavy atom. The van der Waals surface area contributed by atoms with Gasteiger partial charge in [-0.3, -0.25) is 0 Å². The largest absolute Gasteiger partial charge is 0.197 e. The Bertz CT molecular complexity index is 172. The average Bonchev–Trinajstić information content (AvgIpc) is 1.84. The summed E-state index contributed by atoms with van der Waals surface area (Å²) >= 11 is 3.51. The van der Waals surface area contributed by atoms with Crippen molar-refractivity contribution in [2.45, 2.75) is 37.4 Å². The van der Waals surface area contributed by atoms with E-state index >= 15 is 0 Å². The highest BCUT2D eigenvalue weighted by atomic mass is 79.9. The molecule has 0 aliphatic heterocycles. The van der Waals surface area contributed by atoms with Crippen LogP contribution in [0, 0.1) is 23.2 Å². The lowest BCUT2D eigenvalue weighted by Crippen LogP contribution is -2.30. The Hall–Kier alpha value is -0.0300. The van der Waals surface area contributed by atoms with Crippen LogP contribution in [0.1, 0.15) is 33.1 Å². The Morgan fingerprint density at radius 1 is 1.36 bits per heavy atom. The van der Waals surface area contributed by atoms with E-state index in [4.69, 9.17) is 5.26 Å². The maximum Gasteiger partial charge on any atom is 0.112 e. The van der Waals surface area contributed by atoms with E-state index in [0.717, 1.165) is 12.8 Å². The molecule has 1 aliphatic rings. The van der Waals surface area contributed by atoms with Crippen molar-refractivity contribution in [2.75, 3.05) is 0 Å². The normalized spacial score (nSPS) is 44.9.